The lowest BCUT2D eigenvalue weighted by Gasteiger charge is -2.22. The van der Waals surface area contributed by atoms with Gasteiger partial charge in [-0.2, -0.15) is 5.26 Å². The molecule has 0 aromatic carbocycles. The molecule has 0 bridgehead atoms. The molecule has 5 nitrogen and oxygen atoms in total. The first kappa shape index (κ1) is 15.1. The standard InChI is InChI=1S/C14H19N3O2/c1-11-5-6-13(12(2)16-11)14(18)17(8-4-7-15)9-10-19-3/h5-6H,4,8-10H2,1-3H3. The third-order valence-electron chi connectivity index (χ3n) is 2.80. The van der Waals surface area contributed by atoms with Crippen LogP contribution in [0, 0.1) is 25.2 Å². The fraction of sp³-hybridized carbons (Fsp3) is 0.500. The number of hydrogen-bond donors (Lipinski definition) is 0. The molecule has 0 fully saturated rings. The van der Waals surface area contributed by atoms with Crippen LogP contribution in [0.5, 0.6) is 0 Å². The van der Waals surface area contributed by atoms with Crippen LogP contribution in [0.25, 0.3) is 0 Å². The molecular weight excluding hydrogens is 242 g/mol. The van der Waals surface area contributed by atoms with Crippen LogP contribution in [0.1, 0.15) is 28.2 Å². The first-order valence-electron chi connectivity index (χ1n) is 6.19. The maximum Gasteiger partial charge on any atom is 0.255 e. The van der Waals surface area contributed by atoms with Gasteiger partial charge >= 0.3 is 0 Å². The van der Waals surface area contributed by atoms with Crippen molar-refractivity contribution in [1.82, 2.24) is 9.88 Å². The molecule has 19 heavy (non-hydrogen) atoms. The molecule has 102 valence electrons. The van der Waals surface area contributed by atoms with Gasteiger partial charge in [0.05, 0.1) is 30.4 Å². The van der Waals surface area contributed by atoms with Crippen LogP contribution >= 0.6 is 0 Å². The zero-order valence-electron chi connectivity index (χ0n) is 11.6. The van der Waals surface area contributed by atoms with Crippen LogP contribution in [-0.4, -0.2) is 42.6 Å². The summed E-state index contributed by atoms with van der Waals surface area (Å²) in [6.45, 7) is 5.05. The molecule has 0 spiro atoms. The van der Waals surface area contributed by atoms with Gasteiger partial charge < -0.3 is 9.64 Å². The fourth-order valence-corrected chi connectivity index (χ4v) is 1.78. The van der Waals surface area contributed by atoms with Crippen molar-refractivity contribution in [2.24, 2.45) is 0 Å². The fourth-order valence-electron chi connectivity index (χ4n) is 1.78. The number of aryl methyl sites for hydroxylation is 2. The maximum absolute atomic E-state index is 12.4. The first-order valence-corrected chi connectivity index (χ1v) is 6.19. The molecule has 0 aliphatic carbocycles. The first-order chi connectivity index (χ1) is 9.10. The van der Waals surface area contributed by atoms with Gasteiger partial charge in [0.15, 0.2) is 0 Å². The highest BCUT2D eigenvalue weighted by molar-refractivity contribution is 5.95. The Kier molecular flexibility index (Phi) is 5.97. The van der Waals surface area contributed by atoms with Gasteiger partial charge in [-0.15, -0.1) is 0 Å². The van der Waals surface area contributed by atoms with Crippen molar-refractivity contribution in [3.63, 3.8) is 0 Å². The second-order valence-electron chi connectivity index (χ2n) is 4.28. The van der Waals surface area contributed by atoms with E-state index in [4.69, 9.17) is 10.00 Å². The molecule has 5 heteroatoms. The predicted molar refractivity (Wildman–Crippen MR) is 71.7 cm³/mol. The highest BCUT2D eigenvalue weighted by atomic mass is 16.5. The minimum atomic E-state index is -0.0997. The molecule has 0 N–H and O–H groups in total. The Bertz CT molecular complexity index is 480. The highest BCUT2D eigenvalue weighted by Crippen LogP contribution is 2.10. The van der Waals surface area contributed by atoms with Gasteiger partial charge in [0.1, 0.15) is 0 Å². The molecular formula is C14H19N3O2. The molecule has 1 rings (SSSR count). The quantitative estimate of drug-likeness (QED) is 0.781. The Morgan fingerprint density at radius 2 is 2.16 bits per heavy atom. The molecule has 0 saturated carbocycles. The number of amides is 1. The van der Waals surface area contributed by atoms with Crippen molar-refractivity contribution < 1.29 is 9.53 Å². The van der Waals surface area contributed by atoms with Crippen LogP contribution in [0.15, 0.2) is 12.1 Å². The van der Waals surface area contributed by atoms with Gasteiger partial charge in [-0.1, -0.05) is 0 Å². The Hall–Kier alpha value is -1.93. The van der Waals surface area contributed by atoms with Crippen LogP contribution in [0.2, 0.25) is 0 Å². The smallest absolute Gasteiger partial charge is 0.255 e. The summed E-state index contributed by atoms with van der Waals surface area (Å²) in [5.74, 6) is -0.0997. The number of hydrogen-bond acceptors (Lipinski definition) is 4. The van der Waals surface area contributed by atoms with Crippen LogP contribution in [0.4, 0.5) is 0 Å². The molecule has 0 aliphatic heterocycles. The number of pyridine rings is 1. The summed E-state index contributed by atoms with van der Waals surface area (Å²) in [6.07, 6.45) is 0.313. The van der Waals surface area contributed by atoms with Crippen molar-refractivity contribution >= 4 is 5.91 Å². The summed E-state index contributed by atoms with van der Waals surface area (Å²) >= 11 is 0. The van der Waals surface area contributed by atoms with Gasteiger partial charge in [-0.05, 0) is 26.0 Å². The monoisotopic (exact) mass is 261 g/mol. The van der Waals surface area contributed by atoms with Gasteiger partial charge in [-0.25, -0.2) is 0 Å². The number of ether oxygens (including phenoxy) is 1. The summed E-state index contributed by atoms with van der Waals surface area (Å²) in [5, 5.41) is 8.65. The lowest BCUT2D eigenvalue weighted by Crippen LogP contribution is -2.35. The molecule has 1 heterocycles. The topological polar surface area (TPSA) is 66.2 Å². The second kappa shape index (κ2) is 7.49. The van der Waals surface area contributed by atoms with E-state index in [0.717, 1.165) is 5.69 Å². The third-order valence-corrected chi connectivity index (χ3v) is 2.80. The Morgan fingerprint density at radius 1 is 1.42 bits per heavy atom. The minimum absolute atomic E-state index is 0.0997. The zero-order chi connectivity index (χ0) is 14.3. The van der Waals surface area contributed by atoms with E-state index in [1.54, 1.807) is 18.1 Å². The largest absolute Gasteiger partial charge is 0.383 e. The average molecular weight is 261 g/mol. The van der Waals surface area contributed by atoms with E-state index in [0.29, 0.717) is 37.4 Å². The van der Waals surface area contributed by atoms with Crippen LogP contribution in [-0.2, 0) is 4.74 Å². The molecule has 0 aliphatic rings. The van der Waals surface area contributed by atoms with E-state index in [-0.39, 0.29) is 5.91 Å². The number of rotatable bonds is 6. The lowest BCUT2D eigenvalue weighted by molar-refractivity contribution is 0.0698. The van der Waals surface area contributed by atoms with Crippen molar-refractivity contribution in [3.8, 4) is 6.07 Å². The van der Waals surface area contributed by atoms with E-state index in [2.05, 4.69) is 11.1 Å². The number of aromatic nitrogens is 1. The number of carbonyl (C=O) groups is 1. The summed E-state index contributed by atoms with van der Waals surface area (Å²) in [5.41, 5.74) is 2.18. The lowest BCUT2D eigenvalue weighted by atomic mass is 10.1. The second-order valence-corrected chi connectivity index (χ2v) is 4.28. The molecule has 0 saturated heterocycles. The number of carbonyl (C=O) groups excluding carboxylic acids is 1. The van der Waals surface area contributed by atoms with E-state index >= 15 is 0 Å². The summed E-state index contributed by atoms with van der Waals surface area (Å²) in [4.78, 5) is 18.3. The van der Waals surface area contributed by atoms with Gasteiger partial charge in [-0.3, -0.25) is 9.78 Å². The third kappa shape index (κ3) is 4.34. The SMILES string of the molecule is COCCN(CCC#N)C(=O)c1ccc(C)nc1C. The molecule has 0 radical (unpaired) electrons. The van der Waals surface area contributed by atoms with Crippen molar-refractivity contribution in [1.29, 1.82) is 5.26 Å². The zero-order valence-corrected chi connectivity index (χ0v) is 11.6. The summed E-state index contributed by atoms with van der Waals surface area (Å²) < 4.78 is 5.00. The van der Waals surface area contributed by atoms with Gasteiger partial charge in [0, 0.05) is 25.9 Å². The molecule has 0 unspecified atom stereocenters. The Balaban J connectivity index is 2.88. The van der Waals surface area contributed by atoms with Crippen LogP contribution in [0.3, 0.4) is 0 Å². The molecule has 1 amide bonds. The normalized spacial score (nSPS) is 10.0. The van der Waals surface area contributed by atoms with Crippen LogP contribution < -0.4 is 0 Å². The predicted octanol–water partition coefficient (Wildman–Crippen LogP) is 1.70. The highest BCUT2D eigenvalue weighted by Gasteiger charge is 2.17. The number of nitriles is 1. The van der Waals surface area contributed by atoms with Crippen molar-refractivity contribution in [2.75, 3.05) is 26.8 Å². The van der Waals surface area contributed by atoms with E-state index in [1.807, 2.05) is 19.9 Å². The number of methoxy groups -OCH3 is 1. The molecule has 0 atom stereocenters. The van der Waals surface area contributed by atoms with E-state index in [1.165, 1.54) is 0 Å². The molecule has 1 aromatic heterocycles. The Morgan fingerprint density at radius 3 is 2.74 bits per heavy atom. The summed E-state index contributed by atoms with van der Waals surface area (Å²) in [6, 6.07) is 5.66. The Labute approximate surface area is 113 Å². The van der Waals surface area contributed by atoms with E-state index in [9.17, 15) is 4.79 Å². The number of nitrogens with zero attached hydrogens (tertiary/aromatic N) is 3. The van der Waals surface area contributed by atoms with Gasteiger partial charge in [0.25, 0.3) is 5.91 Å². The van der Waals surface area contributed by atoms with Gasteiger partial charge in [0.2, 0.25) is 0 Å². The maximum atomic E-state index is 12.4. The minimum Gasteiger partial charge on any atom is -0.383 e. The van der Waals surface area contributed by atoms with E-state index < -0.39 is 0 Å². The molecule has 1 aromatic rings. The summed E-state index contributed by atoms with van der Waals surface area (Å²) in [7, 11) is 1.59. The van der Waals surface area contributed by atoms with Crippen molar-refractivity contribution in [3.05, 3.63) is 29.1 Å². The average Bonchev–Trinajstić information content (AvgIpc) is 2.38. The van der Waals surface area contributed by atoms with Crippen molar-refractivity contribution in [2.45, 2.75) is 20.3 Å².